The van der Waals surface area contributed by atoms with E-state index in [-0.39, 0.29) is 38.5 Å². The Bertz CT molecular complexity index is 2220. The predicted molar refractivity (Wildman–Crippen MR) is 440 cm³/mol. The predicted octanol–water partition coefficient (Wildman–Crippen LogP) is 19.9. The topological polar surface area (TPSA) is 303 Å². The number of carbonyl (C=O) groups is 6. The molecule has 2 amide bonds. The minimum absolute atomic E-state index is 0.0848. The first-order valence-electron chi connectivity index (χ1n) is 45.1. The lowest BCUT2D eigenvalue weighted by atomic mass is 9.94. The van der Waals surface area contributed by atoms with Crippen LogP contribution < -0.4 is 10.6 Å². The highest BCUT2D eigenvalue weighted by Gasteiger charge is 2.69. The molecule has 0 aliphatic carbocycles. The van der Waals surface area contributed by atoms with E-state index < -0.39 is 130 Å². The van der Waals surface area contributed by atoms with Gasteiger partial charge in [-0.15, -0.1) is 0 Å². The Morgan fingerprint density at radius 3 is 0.991 bits per heavy atom. The first kappa shape index (κ1) is 106. The summed E-state index contributed by atoms with van der Waals surface area (Å²) in [4.78, 5) is 110. The van der Waals surface area contributed by atoms with E-state index in [1.807, 2.05) is 0 Å². The fraction of sp³-hybridized carbons (Fsp3) is 0.931. The van der Waals surface area contributed by atoms with E-state index in [1.165, 1.54) is 77.4 Å². The highest BCUT2D eigenvalue weighted by atomic mass is 31.2. The van der Waals surface area contributed by atoms with Crippen molar-refractivity contribution in [3.05, 3.63) is 0 Å². The van der Waals surface area contributed by atoms with Crippen LogP contribution in [0.3, 0.4) is 0 Å². The maximum absolute atomic E-state index is 14.9. The van der Waals surface area contributed by atoms with Gasteiger partial charge in [-0.3, -0.25) is 33.3 Å². The molecular weight excluding hydrogens is 1410 g/mol. The number of amides is 2. The third-order valence-corrected chi connectivity index (χ3v) is 22.9. The molecule has 1 saturated heterocycles. The van der Waals surface area contributed by atoms with Gasteiger partial charge in [-0.05, 0) is 77.4 Å². The molecular formula is C87H168N3O18P. The van der Waals surface area contributed by atoms with Gasteiger partial charge in [0, 0.05) is 19.3 Å². The smallest absolute Gasteiger partial charge is 0.374 e. The monoisotopic (exact) mass is 1570 g/mol. The Morgan fingerprint density at radius 1 is 0.413 bits per heavy atom. The lowest BCUT2D eigenvalue weighted by molar-refractivity contribution is -0.288. The quantitative estimate of drug-likeness (QED) is 0.0129. The first-order valence-corrected chi connectivity index (χ1v) is 46.7. The van der Waals surface area contributed by atoms with Crippen molar-refractivity contribution in [1.82, 2.24) is 15.5 Å². The fourth-order valence-electron chi connectivity index (χ4n) is 14.4. The van der Waals surface area contributed by atoms with Gasteiger partial charge in [0.1, 0.15) is 36.6 Å². The molecule has 1 aliphatic rings. The van der Waals surface area contributed by atoms with Crippen molar-refractivity contribution in [2.75, 3.05) is 39.5 Å². The van der Waals surface area contributed by atoms with Crippen LogP contribution in [-0.2, 0) is 61.8 Å². The largest absolute Gasteiger partial charge is 0.462 e. The number of nitrogens with zero attached hydrogens (tertiary/aromatic N) is 1. The summed E-state index contributed by atoms with van der Waals surface area (Å²) < 4.78 is 50.9. The van der Waals surface area contributed by atoms with E-state index in [9.17, 15) is 58.4 Å². The van der Waals surface area contributed by atoms with E-state index in [4.69, 9.17) is 28.4 Å². The SMILES string of the molecule is CCCCCCCCCCC[C@H](CC(=O)N[C@H](CO)CO[C@H]1O[C@H](CO)[C@@H](O)[C@@](OC(=O)C[C@@H](CCCCCCCCCCC)OC(=O)CCCCCCCCC)(P(=O)(O)O)[C@@H]1NC(=O)C[C@@H](CCCCCCCCCCC)OC(=O)CCCCCCCCC)OC(=O)CCCCCCCCC.CCN(CC)CC. The molecule has 0 saturated carbocycles. The van der Waals surface area contributed by atoms with Gasteiger partial charge in [0.25, 0.3) is 5.34 Å². The van der Waals surface area contributed by atoms with Gasteiger partial charge in [0.05, 0.1) is 45.1 Å². The van der Waals surface area contributed by atoms with Crippen molar-refractivity contribution in [3.8, 4) is 0 Å². The average molecular weight is 1580 g/mol. The van der Waals surface area contributed by atoms with Gasteiger partial charge in [-0.2, -0.15) is 0 Å². The molecule has 0 unspecified atom stereocenters. The number of esters is 4. The fourth-order valence-corrected chi connectivity index (χ4v) is 15.7. The van der Waals surface area contributed by atoms with E-state index in [1.54, 1.807) is 0 Å². The average Bonchev–Trinajstić information content (AvgIpc) is 0.724. The van der Waals surface area contributed by atoms with Crippen molar-refractivity contribution < 1.29 is 86.9 Å². The van der Waals surface area contributed by atoms with Crippen LogP contribution in [0.5, 0.6) is 0 Å². The number of unbranched alkanes of at least 4 members (excludes halogenated alkanes) is 42. The normalized spacial score (nSPS) is 17.6. The second-order valence-electron chi connectivity index (χ2n) is 31.3. The first-order chi connectivity index (χ1) is 52.7. The lowest BCUT2D eigenvalue weighted by Crippen LogP contribution is -2.73. The summed E-state index contributed by atoms with van der Waals surface area (Å²) in [6.45, 7) is 20.6. The van der Waals surface area contributed by atoms with E-state index in [0.717, 1.165) is 212 Å². The maximum atomic E-state index is 14.9. The van der Waals surface area contributed by atoms with Gasteiger partial charge in [0.15, 0.2) is 6.29 Å². The molecule has 0 spiro atoms. The zero-order chi connectivity index (χ0) is 80.9. The van der Waals surface area contributed by atoms with Gasteiger partial charge in [-0.25, -0.2) is 0 Å². The summed E-state index contributed by atoms with van der Waals surface area (Å²) in [7, 11) is -6.12. The van der Waals surface area contributed by atoms with Crippen LogP contribution in [0.15, 0.2) is 0 Å². The number of aliphatic hydroxyl groups is 3. The lowest BCUT2D eigenvalue weighted by Gasteiger charge is -2.51. The number of ether oxygens (including phenoxy) is 6. The van der Waals surface area contributed by atoms with Crippen molar-refractivity contribution in [2.24, 2.45) is 0 Å². The second kappa shape index (κ2) is 72.4. The third-order valence-electron chi connectivity index (χ3n) is 21.4. The van der Waals surface area contributed by atoms with E-state index in [0.29, 0.717) is 44.9 Å². The van der Waals surface area contributed by atoms with Crippen molar-refractivity contribution >= 4 is 43.3 Å². The highest BCUT2D eigenvalue weighted by Crippen LogP contribution is 2.59. The Morgan fingerprint density at radius 2 is 0.706 bits per heavy atom. The molecule has 21 nitrogen and oxygen atoms in total. The standard InChI is InChI=1S/C81H153N2O18P.C6H15N/c1-7-13-19-25-31-34-40-43-49-55-68(97-74(88)58-52-46-37-28-22-16-10-4)61-72(86)82-67(64-84)66-96-80-78(83-73(87)62-69(56-50-44-41-35-32-26-20-14-8-2)98-75(89)59-53-47-38-29-23-17-11-5)81(102(93,94)95,79(92)71(65-85)100-80)101-77(91)63-70(57-51-45-42-36-33-27-21-15-9-3)99-76(90)60-54-48-39-30-24-18-12-6;1-4-7(5-2)6-3/h67-71,78-80,84-85,92H,7-66H2,1-6H3,(H,82,86)(H,83,87)(H2,93,94,95);4-6H2,1-3H3/t67-,68-,69-,70-,71-,78-,79-,80+,81+;/m1./s1. The number of hydrogen-bond donors (Lipinski definition) is 7. The van der Waals surface area contributed by atoms with Crippen LogP contribution in [0.4, 0.5) is 0 Å². The molecule has 644 valence electrons. The van der Waals surface area contributed by atoms with Crippen LogP contribution in [0.25, 0.3) is 0 Å². The van der Waals surface area contributed by atoms with Gasteiger partial charge in [-0.1, -0.05) is 332 Å². The molecule has 9 atom stereocenters. The molecule has 0 aromatic heterocycles. The minimum Gasteiger partial charge on any atom is -0.462 e. The van der Waals surface area contributed by atoms with Crippen LogP contribution in [0.2, 0.25) is 0 Å². The zero-order valence-electron chi connectivity index (χ0n) is 71.1. The van der Waals surface area contributed by atoms with Gasteiger partial charge >= 0.3 is 31.5 Å². The highest BCUT2D eigenvalue weighted by molar-refractivity contribution is 7.53. The molecule has 7 N–H and O–H groups in total. The molecule has 22 heteroatoms. The summed E-state index contributed by atoms with van der Waals surface area (Å²) >= 11 is 0. The molecule has 1 heterocycles. The van der Waals surface area contributed by atoms with Crippen LogP contribution >= 0.6 is 7.60 Å². The molecule has 109 heavy (non-hydrogen) atoms. The van der Waals surface area contributed by atoms with E-state index in [2.05, 4.69) is 77.8 Å². The van der Waals surface area contributed by atoms with Crippen LogP contribution in [0.1, 0.15) is 428 Å². The summed E-state index contributed by atoms with van der Waals surface area (Å²) in [5, 5.41) is 35.9. The number of nitrogens with one attached hydrogen (secondary N) is 2. The number of aliphatic hydroxyl groups excluding tert-OH is 3. The van der Waals surface area contributed by atoms with Crippen molar-refractivity contribution in [2.45, 2.75) is 483 Å². The summed E-state index contributed by atoms with van der Waals surface area (Å²) in [6.07, 6.45) is 38.6. The molecule has 0 bridgehead atoms. The number of rotatable bonds is 75. The zero-order valence-corrected chi connectivity index (χ0v) is 72.0. The summed E-state index contributed by atoms with van der Waals surface area (Å²) in [5.74, 6) is -4.30. The molecule has 1 aliphatic heterocycles. The summed E-state index contributed by atoms with van der Waals surface area (Å²) in [6, 6.07) is -3.54. The van der Waals surface area contributed by atoms with E-state index >= 15 is 0 Å². The Labute approximate surface area is 664 Å². The van der Waals surface area contributed by atoms with Crippen LogP contribution in [0, 0.1) is 0 Å². The molecule has 0 radical (unpaired) electrons. The van der Waals surface area contributed by atoms with Crippen LogP contribution in [-0.4, -0.2) is 159 Å². The third kappa shape index (κ3) is 55.0. The molecule has 0 aromatic rings. The number of hydrogen-bond acceptors (Lipinski definition) is 17. The minimum atomic E-state index is -6.12. The van der Waals surface area contributed by atoms with Crippen molar-refractivity contribution in [1.29, 1.82) is 0 Å². The second-order valence-corrected chi connectivity index (χ2v) is 33.1. The Balaban J connectivity index is 0.0000158. The van der Waals surface area contributed by atoms with Crippen molar-refractivity contribution in [3.63, 3.8) is 0 Å². The Hall–Kier alpha value is -3.27. The maximum Gasteiger partial charge on any atom is 0.374 e. The molecule has 1 rings (SSSR count). The number of carbonyl (C=O) groups excluding carboxylic acids is 6. The summed E-state index contributed by atoms with van der Waals surface area (Å²) in [5.41, 5.74) is 0. The van der Waals surface area contributed by atoms with Gasteiger partial charge < -0.3 is 69.1 Å². The molecule has 1 fully saturated rings. The molecule has 0 aromatic carbocycles. The Kier molecular flexibility index (Phi) is 70.3. The van der Waals surface area contributed by atoms with Gasteiger partial charge in [0.2, 0.25) is 11.8 Å².